The minimum Gasteiger partial charge on any atom is -0.497 e. The van der Waals surface area contributed by atoms with Crippen LogP contribution in [0.2, 0.25) is 0 Å². The third-order valence-electron chi connectivity index (χ3n) is 5.06. The molecule has 0 saturated heterocycles. The number of amides is 1. The van der Waals surface area contributed by atoms with E-state index < -0.39 is 0 Å². The predicted octanol–water partition coefficient (Wildman–Crippen LogP) is 4.60. The van der Waals surface area contributed by atoms with Crippen molar-refractivity contribution in [2.24, 2.45) is 0 Å². The van der Waals surface area contributed by atoms with Gasteiger partial charge < -0.3 is 14.8 Å². The van der Waals surface area contributed by atoms with E-state index in [1.54, 1.807) is 24.0 Å². The summed E-state index contributed by atoms with van der Waals surface area (Å²) in [5.41, 5.74) is 2.85. The van der Waals surface area contributed by atoms with Crippen LogP contribution in [0.3, 0.4) is 0 Å². The van der Waals surface area contributed by atoms with Crippen LogP contribution in [0.5, 0.6) is 11.5 Å². The summed E-state index contributed by atoms with van der Waals surface area (Å²) in [4.78, 5) is 13.9. The maximum absolute atomic E-state index is 12.4. The quantitative estimate of drug-likeness (QED) is 0.431. The number of ether oxygens (including phenoxy) is 2. The van der Waals surface area contributed by atoms with Crippen LogP contribution in [0.4, 0.5) is 5.69 Å². The molecule has 0 atom stereocenters. The van der Waals surface area contributed by atoms with E-state index >= 15 is 0 Å². The first-order valence-electron chi connectivity index (χ1n) is 10.1. The van der Waals surface area contributed by atoms with Crippen molar-refractivity contribution in [3.63, 3.8) is 0 Å². The number of anilines is 1. The molecule has 0 bridgehead atoms. The number of nitrogens with one attached hydrogen (secondary N) is 1. The number of nitrogens with zero attached hydrogens (tertiary/aromatic N) is 3. The minimum atomic E-state index is -0.250. The van der Waals surface area contributed by atoms with Crippen LogP contribution in [0.15, 0.2) is 84.9 Å². The maximum atomic E-state index is 12.4. The van der Waals surface area contributed by atoms with Gasteiger partial charge in [-0.25, -0.2) is 0 Å². The highest BCUT2D eigenvalue weighted by Crippen LogP contribution is 2.21. The molecule has 0 aliphatic carbocycles. The number of fused-ring (bicyclic) bond motifs is 2. The Morgan fingerprint density at radius 3 is 2.41 bits per heavy atom. The van der Waals surface area contributed by atoms with E-state index in [-0.39, 0.29) is 12.5 Å². The van der Waals surface area contributed by atoms with Gasteiger partial charge in [-0.2, -0.15) is 4.80 Å². The standard InChI is InChI=1S/C25H20N4O3/c1-31-21-11-8-20(9-12-21)29-27-23-13-7-19(15-24(23)28-29)26-25(30)16-32-22-10-6-17-4-2-3-5-18(17)14-22/h2-15H,16H2,1H3,(H,26,30). The van der Waals surface area contributed by atoms with Gasteiger partial charge in [0, 0.05) is 5.69 Å². The van der Waals surface area contributed by atoms with Crippen molar-refractivity contribution in [2.75, 3.05) is 19.0 Å². The molecule has 0 aliphatic rings. The number of carbonyl (C=O) groups excluding carboxylic acids is 1. The second kappa shape index (κ2) is 8.39. The lowest BCUT2D eigenvalue weighted by Gasteiger charge is -2.08. The van der Waals surface area contributed by atoms with Gasteiger partial charge in [-0.15, -0.1) is 10.2 Å². The van der Waals surface area contributed by atoms with Crippen LogP contribution in [0, 0.1) is 0 Å². The molecule has 0 spiro atoms. The molecule has 0 unspecified atom stereocenters. The lowest BCUT2D eigenvalue weighted by atomic mass is 10.1. The third-order valence-corrected chi connectivity index (χ3v) is 5.06. The second-order valence-electron chi connectivity index (χ2n) is 7.24. The van der Waals surface area contributed by atoms with Crippen molar-refractivity contribution < 1.29 is 14.3 Å². The lowest BCUT2D eigenvalue weighted by molar-refractivity contribution is -0.118. The number of carbonyl (C=O) groups is 1. The van der Waals surface area contributed by atoms with Gasteiger partial charge in [-0.05, 0) is 65.4 Å². The fourth-order valence-corrected chi connectivity index (χ4v) is 3.43. The van der Waals surface area contributed by atoms with E-state index in [0.29, 0.717) is 17.0 Å². The summed E-state index contributed by atoms with van der Waals surface area (Å²) in [6.45, 7) is -0.0884. The molecule has 4 aromatic carbocycles. The van der Waals surface area contributed by atoms with E-state index in [4.69, 9.17) is 9.47 Å². The van der Waals surface area contributed by atoms with Crippen molar-refractivity contribution in [3.8, 4) is 17.2 Å². The molecule has 0 radical (unpaired) electrons. The molecule has 0 fully saturated rings. The molecule has 1 aromatic heterocycles. The minimum absolute atomic E-state index is 0.0884. The van der Waals surface area contributed by atoms with E-state index in [1.165, 1.54) is 0 Å². The van der Waals surface area contributed by atoms with E-state index in [1.807, 2.05) is 72.8 Å². The van der Waals surface area contributed by atoms with E-state index in [0.717, 1.165) is 27.7 Å². The summed E-state index contributed by atoms with van der Waals surface area (Å²) >= 11 is 0. The molecule has 0 saturated carbocycles. The highest BCUT2D eigenvalue weighted by molar-refractivity contribution is 5.94. The van der Waals surface area contributed by atoms with Gasteiger partial charge >= 0.3 is 0 Å². The highest BCUT2D eigenvalue weighted by Gasteiger charge is 2.09. The van der Waals surface area contributed by atoms with Gasteiger partial charge in [-0.1, -0.05) is 30.3 Å². The monoisotopic (exact) mass is 424 g/mol. The van der Waals surface area contributed by atoms with Crippen molar-refractivity contribution in [1.82, 2.24) is 15.0 Å². The smallest absolute Gasteiger partial charge is 0.262 e. The van der Waals surface area contributed by atoms with Gasteiger partial charge in [0.15, 0.2) is 6.61 Å². The van der Waals surface area contributed by atoms with Gasteiger partial charge in [0.1, 0.15) is 22.5 Å². The molecule has 158 valence electrons. The second-order valence-corrected chi connectivity index (χ2v) is 7.24. The van der Waals surface area contributed by atoms with Crippen molar-refractivity contribution in [3.05, 3.63) is 84.9 Å². The molecule has 0 aliphatic heterocycles. The predicted molar refractivity (Wildman–Crippen MR) is 123 cm³/mol. The molecule has 5 aromatic rings. The Bertz CT molecular complexity index is 1410. The topological polar surface area (TPSA) is 78.3 Å². The van der Waals surface area contributed by atoms with Crippen LogP contribution >= 0.6 is 0 Å². The fraction of sp³-hybridized carbons (Fsp3) is 0.0800. The first kappa shape index (κ1) is 19.6. The molecular formula is C25H20N4O3. The zero-order valence-corrected chi connectivity index (χ0v) is 17.4. The Morgan fingerprint density at radius 2 is 1.59 bits per heavy atom. The van der Waals surface area contributed by atoms with Crippen LogP contribution in [-0.2, 0) is 4.79 Å². The lowest BCUT2D eigenvalue weighted by Crippen LogP contribution is -2.20. The average molecular weight is 424 g/mol. The van der Waals surface area contributed by atoms with E-state index in [9.17, 15) is 4.79 Å². The fourth-order valence-electron chi connectivity index (χ4n) is 3.43. The van der Waals surface area contributed by atoms with E-state index in [2.05, 4.69) is 15.5 Å². The molecule has 7 nitrogen and oxygen atoms in total. The Labute approximate surface area is 184 Å². The van der Waals surface area contributed by atoms with Gasteiger partial charge in [0.05, 0.1) is 12.8 Å². The SMILES string of the molecule is COc1ccc(-n2nc3ccc(NC(=O)COc4ccc5ccccc5c4)cc3n2)cc1. The summed E-state index contributed by atoms with van der Waals surface area (Å²) in [6.07, 6.45) is 0. The van der Waals surface area contributed by atoms with Crippen LogP contribution in [0.1, 0.15) is 0 Å². The Hall–Kier alpha value is -4.39. The van der Waals surface area contributed by atoms with Crippen molar-refractivity contribution >= 4 is 33.4 Å². The summed E-state index contributed by atoms with van der Waals surface area (Å²) < 4.78 is 10.8. The number of hydrogen-bond donors (Lipinski definition) is 1. The average Bonchev–Trinajstić information content (AvgIpc) is 3.26. The molecule has 5 rings (SSSR count). The van der Waals surface area contributed by atoms with Gasteiger partial charge in [0.25, 0.3) is 5.91 Å². The largest absolute Gasteiger partial charge is 0.497 e. The van der Waals surface area contributed by atoms with Crippen LogP contribution in [-0.4, -0.2) is 34.6 Å². The Morgan fingerprint density at radius 1 is 0.844 bits per heavy atom. The van der Waals surface area contributed by atoms with Gasteiger partial charge in [-0.3, -0.25) is 4.79 Å². The molecule has 1 N–H and O–H groups in total. The van der Waals surface area contributed by atoms with Crippen molar-refractivity contribution in [2.45, 2.75) is 0 Å². The number of hydrogen-bond acceptors (Lipinski definition) is 5. The molecule has 7 heteroatoms. The third kappa shape index (κ3) is 4.09. The molecule has 32 heavy (non-hydrogen) atoms. The zero-order valence-electron chi connectivity index (χ0n) is 17.4. The molecule has 1 amide bonds. The number of rotatable bonds is 6. The summed E-state index contributed by atoms with van der Waals surface area (Å²) in [6, 6.07) is 26.6. The van der Waals surface area contributed by atoms with Gasteiger partial charge in [0.2, 0.25) is 0 Å². The first-order chi connectivity index (χ1) is 15.7. The zero-order chi connectivity index (χ0) is 21.9. The normalized spacial score (nSPS) is 10.9. The Balaban J connectivity index is 1.26. The highest BCUT2D eigenvalue weighted by atomic mass is 16.5. The number of benzene rings is 4. The number of methoxy groups -OCH3 is 1. The number of aromatic nitrogens is 3. The summed E-state index contributed by atoms with van der Waals surface area (Å²) in [5, 5.41) is 14.0. The molecular weight excluding hydrogens is 404 g/mol. The van der Waals surface area contributed by atoms with Crippen molar-refractivity contribution in [1.29, 1.82) is 0 Å². The summed E-state index contributed by atoms with van der Waals surface area (Å²) in [7, 11) is 1.62. The molecule has 1 heterocycles. The maximum Gasteiger partial charge on any atom is 0.262 e. The first-order valence-corrected chi connectivity index (χ1v) is 10.1. The van der Waals surface area contributed by atoms with Crippen LogP contribution in [0.25, 0.3) is 27.5 Å². The summed E-state index contributed by atoms with van der Waals surface area (Å²) in [5.74, 6) is 1.16. The van der Waals surface area contributed by atoms with Crippen LogP contribution < -0.4 is 14.8 Å². The Kier molecular flexibility index (Phi) is 5.13.